The molecule has 0 bridgehead atoms. The van der Waals surface area contributed by atoms with Gasteiger partial charge in [-0.3, -0.25) is 4.79 Å². The van der Waals surface area contributed by atoms with Gasteiger partial charge in [-0.1, -0.05) is 27.5 Å². The summed E-state index contributed by atoms with van der Waals surface area (Å²) in [6.07, 6.45) is 0. The minimum Gasteiger partial charge on any atom is -0.376 e. The number of carbonyl (C=O) groups is 1. The first-order chi connectivity index (χ1) is 10.5. The van der Waals surface area contributed by atoms with Crippen molar-refractivity contribution in [2.75, 3.05) is 17.2 Å². The van der Waals surface area contributed by atoms with Crippen LogP contribution in [0.25, 0.3) is 0 Å². The van der Waals surface area contributed by atoms with E-state index in [0.29, 0.717) is 16.3 Å². The van der Waals surface area contributed by atoms with E-state index in [0.717, 1.165) is 15.7 Å². The number of amides is 1. The Bertz CT molecular complexity index is 756. The van der Waals surface area contributed by atoms with Crippen LogP contribution in [-0.2, 0) is 4.79 Å². The Morgan fingerprint density at radius 2 is 2.09 bits per heavy atom. The van der Waals surface area contributed by atoms with Crippen LogP contribution < -0.4 is 10.6 Å². The van der Waals surface area contributed by atoms with Gasteiger partial charge in [0.1, 0.15) is 6.07 Å². The van der Waals surface area contributed by atoms with Crippen LogP contribution in [0.4, 0.5) is 11.4 Å². The van der Waals surface area contributed by atoms with Crippen molar-refractivity contribution in [2.24, 2.45) is 0 Å². The Morgan fingerprint density at radius 1 is 1.32 bits per heavy atom. The van der Waals surface area contributed by atoms with Gasteiger partial charge in [-0.25, -0.2) is 0 Å². The third kappa shape index (κ3) is 4.23. The summed E-state index contributed by atoms with van der Waals surface area (Å²) >= 11 is 9.32. The zero-order valence-corrected chi connectivity index (χ0v) is 14.1. The molecule has 0 heterocycles. The van der Waals surface area contributed by atoms with Crippen LogP contribution in [0.3, 0.4) is 0 Å². The lowest BCUT2D eigenvalue weighted by Gasteiger charge is -2.10. The second kappa shape index (κ2) is 7.30. The standard InChI is InChI=1S/C16H13BrClN3O/c1-10-6-12(17)3-5-15(10)21-16(22)9-20-13-4-2-11(8-19)14(18)7-13/h2-7,20H,9H2,1H3,(H,21,22). The number of benzene rings is 2. The molecule has 1 amide bonds. The number of aryl methyl sites for hydroxylation is 1. The average molecular weight is 379 g/mol. The van der Waals surface area contributed by atoms with Gasteiger partial charge in [0.15, 0.2) is 0 Å². The number of hydrogen-bond donors (Lipinski definition) is 2. The van der Waals surface area contributed by atoms with Crippen LogP contribution in [0, 0.1) is 18.3 Å². The van der Waals surface area contributed by atoms with Crippen LogP contribution in [0.1, 0.15) is 11.1 Å². The largest absolute Gasteiger partial charge is 0.376 e. The Hall–Kier alpha value is -2.03. The number of hydrogen-bond acceptors (Lipinski definition) is 3. The van der Waals surface area contributed by atoms with Gasteiger partial charge in [-0.2, -0.15) is 5.26 Å². The van der Waals surface area contributed by atoms with Gasteiger partial charge in [0, 0.05) is 15.8 Å². The summed E-state index contributed by atoms with van der Waals surface area (Å²) in [5.41, 5.74) is 2.84. The quantitative estimate of drug-likeness (QED) is 0.832. The predicted octanol–water partition coefficient (Wildman–Crippen LogP) is 4.33. The molecule has 4 nitrogen and oxygen atoms in total. The van der Waals surface area contributed by atoms with E-state index in [-0.39, 0.29) is 12.5 Å². The molecule has 0 fully saturated rings. The summed E-state index contributed by atoms with van der Waals surface area (Å²) in [7, 11) is 0. The molecular formula is C16H13BrClN3O. The van der Waals surface area contributed by atoms with E-state index in [1.54, 1.807) is 18.2 Å². The first kappa shape index (κ1) is 16.3. The van der Waals surface area contributed by atoms with Crippen molar-refractivity contribution in [3.8, 4) is 6.07 Å². The SMILES string of the molecule is Cc1cc(Br)ccc1NC(=O)CNc1ccc(C#N)c(Cl)c1. The second-order valence-electron chi connectivity index (χ2n) is 4.67. The lowest BCUT2D eigenvalue weighted by atomic mass is 10.2. The molecule has 2 N–H and O–H groups in total. The number of carbonyl (C=O) groups excluding carboxylic acids is 1. The van der Waals surface area contributed by atoms with Gasteiger partial charge in [0.25, 0.3) is 0 Å². The average Bonchev–Trinajstić information content (AvgIpc) is 2.48. The fourth-order valence-electron chi connectivity index (χ4n) is 1.86. The maximum Gasteiger partial charge on any atom is 0.243 e. The van der Waals surface area contributed by atoms with Crippen molar-refractivity contribution in [2.45, 2.75) is 6.92 Å². The lowest BCUT2D eigenvalue weighted by molar-refractivity contribution is -0.114. The maximum absolute atomic E-state index is 12.0. The molecular weight excluding hydrogens is 366 g/mol. The Morgan fingerprint density at radius 3 is 2.73 bits per heavy atom. The predicted molar refractivity (Wildman–Crippen MR) is 92.2 cm³/mol. The van der Waals surface area contributed by atoms with Crippen molar-refractivity contribution in [3.63, 3.8) is 0 Å². The number of nitrogens with zero attached hydrogens (tertiary/aromatic N) is 1. The third-order valence-corrected chi connectivity index (χ3v) is 3.81. The smallest absolute Gasteiger partial charge is 0.243 e. The zero-order valence-electron chi connectivity index (χ0n) is 11.8. The number of rotatable bonds is 4. The summed E-state index contributed by atoms with van der Waals surface area (Å²) in [5.74, 6) is -0.161. The van der Waals surface area contributed by atoms with Crippen LogP contribution in [0.2, 0.25) is 5.02 Å². The van der Waals surface area contributed by atoms with Crippen molar-refractivity contribution < 1.29 is 4.79 Å². The Kier molecular flexibility index (Phi) is 5.42. The normalized spacial score (nSPS) is 9.91. The van der Waals surface area contributed by atoms with Gasteiger partial charge in [0.2, 0.25) is 5.91 Å². The highest BCUT2D eigenvalue weighted by Crippen LogP contribution is 2.21. The minimum atomic E-state index is -0.161. The van der Waals surface area contributed by atoms with Gasteiger partial charge in [-0.05, 0) is 48.9 Å². The van der Waals surface area contributed by atoms with Crippen LogP contribution >= 0.6 is 27.5 Å². The maximum atomic E-state index is 12.0. The molecule has 0 unspecified atom stereocenters. The van der Waals surface area contributed by atoms with E-state index in [9.17, 15) is 4.79 Å². The second-order valence-corrected chi connectivity index (χ2v) is 5.99. The van der Waals surface area contributed by atoms with Gasteiger partial charge < -0.3 is 10.6 Å². The highest BCUT2D eigenvalue weighted by molar-refractivity contribution is 9.10. The highest BCUT2D eigenvalue weighted by Gasteiger charge is 2.06. The van der Waals surface area contributed by atoms with Crippen molar-refractivity contribution >= 4 is 44.8 Å². The summed E-state index contributed by atoms with van der Waals surface area (Å²) in [4.78, 5) is 12.0. The van der Waals surface area contributed by atoms with Crippen LogP contribution in [0.15, 0.2) is 40.9 Å². The van der Waals surface area contributed by atoms with Gasteiger partial charge in [0.05, 0.1) is 17.1 Å². The monoisotopic (exact) mass is 377 g/mol. The number of nitriles is 1. The molecule has 0 saturated heterocycles. The first-order valence-corrected chi connectivity index (χ1v) is 7.66. The molecule has 0 aromatic heterocycles. The molecule has 112 valence electrons. The van der Waals surface area contributed by atoms with Crippen molar-refractivity contribution in [1.82, 2.24) is 0 Å². The molecule has 0 aliphatic rings. The summed E-state index contributed by atoms with van der Waals surface area (Å²) in [6, 6.07) is 12.6. The van der Waals surface area contributed by atoms with Gasteiger partial charge in [-0.15, -0.1) is 0 Å². The fourth-order valence-corrected chi connectivity index (χ4v) is 2.56. The van der Waals surface area contributed by atoms with E-state index in [1.807, 2.05) is 31.2 Å². The van der Waals surface area contributed by atoms with E-state index >= 15 is 0 Å². The van der Waals surface area contributed by atoms with Crippen molar-refractivity contribution in [1.29, 1.82) is 5.26 Å². The topological polar surface area (TPSA) is 64.9 Å². The molecule has 0 aliphatic carbocycles. The summed E-state index contributed by atoms with van der Waals surface area (Å²) in [5, 5.41) is 15.0. The lowest BCUT2D eigenvalue weighted by Crippen LogP contribution is -2.22. The number of halogens is 2. The number of nitrogens with one attached hydrogen (secondary N) is 2. The zero-order chi connectivity index (χ0) is 16.1. The van der Waals surface area contributed by atoms with E-state index in [4.69, 9.17) is 16.9 Å². The molecule has 22 heavy (non-hydrogen) atoms. The Labute approximate surface area is 142 Å². The molecule has 0 saturated carbocycles. The number of anilines is 2. The van der Waals surface area contributed by atoms with E-state index in [1.165, 1.54) is 0 Å². The summed E-state index contributed by atoms with van der Waals surface area (Å²) < 4.78 is 0.966. The highest BCUT2D eigenvalue weighted by atomic mass is 79.9. The minimum absolute atomic E-state index is 0.109. The Balaban J connectivity index is 1.95. The molecule has 0 atom stereocenters. The van der Waals surface area contributed by atoms with Gasteiger partial charge >= 0.3 is 0 Å². The van der Waals surface area contributed by atoms with Crippen LogP contribution in [-0.4, -0.2) is 12.5 Å². The van der Waals surface area contributed by atoms with E-state index in [2.05, 4.69) is 26.6 Å². The van der Waals surface area contributed by atoms with E-state index < -0.39 is 0 Å². The molecule has 0 radical (unpaired) electrons. The molecule has 2 aromatic carbocycles. The van der Waals surface area contributed by atoms with Crippen molar-refractivity contribution in [3.05, 3.63) is 57.0 Å². The first-order valence-electron chi connectivity index (χ1n) is 6.49. The molecule has 0 aliphatic heterocycles. The summed E-state index contributed by atoms with van der Waals surface area (Å²) in [6.45, 7) is 2.03. The molecule has 2 aromatic rings. The fraction of sp³-hybridized carbons (Fsp3) is 0.125. The molecule has 2 rings (SSSR count). The van der Waals surface area contributed by atoms with Crippen LogP contribution in [0.5, 0.6) is 0 Å². The molecule has 6 heteroatoms. The third-order valence-electron chi connectivity index (χ3n) is 3.01. The molecule has 0 spiro atoms.